The Bertz CT molecular complexity index is 962. The van der Waals surface area contributed by atoms with Crippen LogP contribution in [0.4, 0.5) is 0 Å². The normalized spacial score (nSPS) is 9.77. The van der Waals surface area contributed by atoms with Crippen molar-refractivity contribution in [2.45, 2.75) is 6.92 Å². The van der Waals surface area contributed by atoms with E-state index in [1.54, 1.807) is 37.4 Å². The maximum atomic E-state index is 12.3. The number of benzene rings is 3. The number of hydrogen-bond donors (Lipinski definition) is 0. The quantitative estimate of drug-likeness (QED) is 0.396. The lowest BCUT2D eigenvalue weighted by molar-refractivity contribution is 0.0733. The number of carbonyl (C=O) groups excluding carboxylic acids is 1. The highest BCUT2D eigenvalue weighted by atomic mass is 16.5. The van der Waals surface area contributed by atoms with E-state index < -0.39 is 5.97 Å². The maximum absolute atomic E-state index is 12.3. The van der Waals surface area contributed by atoms with Crippen molar-refractivity contribution in [3.63, 3.8) is 0 Å². The standard InChI is InChI=1S/C23H18O3/c1-17-16-19(9-8-18-6-4-3-5-7-18)10-15-22(17)26-23(24)20-11-13-21(25-2)14-12-20/h3-7,10-16H,1-2H3. The molecule has 3 aromatic rings. The van der Waals surface area contributed by atoms with Gasteiger partial charge < -0.3 is 9.47 Å². The third-order valence-corrected chi connectivity index (χ3v) is 3.83. The molecule has 0 saturated carbocycles. The molecule has 0 aliphatic carbocycles. The second-order valence-electron chi connectivity index (χ2n) is 5.71. The van der Waals surface area contributed by atoms with E-state index in [1.807, 2.05) is 49.4 Å². The van der Waals surface area contributed by atoms with Gasteiger partial charge in [0.05, 0.1) is 12.7 Å². The number of esters is 1. The Labute approximate surface area is 153 Å². The average Bonchev–Trinajstić information content (AvgIpc) is 2.69. The fourth-order valence-electron chi connectivity index (χ4n) is 2.39. The lowest BCUT2D eigenvalue weighted by Crippen LogP contribution is -2.09. The van der Waals surface area contributed by atoms with Gasteiger partial charge in [-0.2, -0.15) is 0 Å². The van der Waals surface area contributed by atoms with E-state index in [9.17, 15) is 4.79 Å². The highest BCUT2D eigenvalue weighted by Gasteiger charge is 2.10. The molecule has 0 saturated heterocycles. The number of rotatable bonds is 3. The first-order valence-corrected chi connectivity index (χ1v) is 8.19. The molecule has 0 amide bonds. The molecule has 0 bridgehead atoms. The maximum Gasteiger partial charge on any atom is 0.343 e. The van der Waals surface area contributed by atoms with Crippen LogP contribution in [0.1, 0.15) is 27.0 Å². The molecule has 0 aromatic heterocycles. The van der Waals surface area contributed by atoms with Crippen molar-refractivity contribution < 1.29 is 14.3 Å². The molecule has 3 nitrogen and oxygen atoms in total. The Balaban J connectivity index is 1.73. The predicted molar refractivity (Wildman–Crippen MR) is 102 cm³/mol. The van der Waals surface area contributed by atoms with Crippen LogP contribution in [-0.4, -0.2) is 13.1 Å². The highest BCUT2D eigenvalue weighted by Crippen LogP contribution is 2.21. The Morgan fingerprint density at radius 1 is 0.846 bits per heavy atom. The molecule has 0 aliphatic rings. The van der Waals surface area contributed by atoms with Crippen LogP contribution in [0, 0.1) is 18.8 Å². The molecule has 128 valence electrons. The Kier molecular flexibility index (Phi) is 5.36. The summed E-state index contributed by atoms with van der Waals surface area (Å²) in [6.45, 7) is 1.89. The van der Waals surface area contributed by atoms with Gasteiger partial charge in [-0.05, 0) is 67.1 Å². The molecule has 3 heteroatoms. The first-order chi connectivity index (χ1) is 12.7. The van der Waals surface area contributed by atoms with Crippen LogP contribution in [0.3, 0.4) is 0 Å². The summed E-state index contributed by atoms with van der Waals surface area (Å²) in [6, 6.07) is 22.1. The summed E-state index contributed by atoms with van der Waals surface area (Å²) >= 11 is 0. The van der Waals surface area contributed by atoms with Crippen LogP contribution in [0.15, 0.2) is 72.8 Å². The van der Waals surface area contributed by atoms with Crippen molar-refractivity contribution in [2.24, 2.45) is 0 Å². The van der Waals surface area contributed by atoms with Gasteiger partial charge in [0.2, 0.25) is 0 Å². The summed E-state index contributed by atoms with van der Waals surface area (Å²) in [4.78, 5) is 12.3. The van der Waals surface area contributed by atoms with Crippen LogP contribution < -0.4 is 9.47 Å². The van der Waals surface area contributed by atoms with Gasteiger partial charge in [0.15, 0.2) is 0 Å². The van der Waals surface area contributed by atoms with E-state index in [0.29, 0.717) is 17.1 Å². The van der Waals surface area contributed by atoms with E-state index in [2.05, 4.69) is 11.8 Å². The van der Waals surface area contributed by atoms with Gasteiger partial charge in [0, 0.05) is 11.1 Å². The molecule has 3 rings (SSSR count). The van der Waals surface area contributed by atoms with Crippen molar-refractivity contribution in [2.75, 3.05) is 7.11 Å². The minimum Gasteiger partial charge on any atom is -0.497 e. The van der Waals surface area contributed by atoms with Gasteiger partial charge >= 0.3 is 5.97 Å². The second kappa shape index (κ2) is 8.04. The monoisotopic (exact) mass is 342 g/mol. The smallest absolute Gasteiger partial charge is 0.343 e. The molecule has 3 aromatic carbocycles. The SMILES string of the molecule is COc1ccc(C(=O)Oc2ccc(C#Cc3ccccc3)cc2C)cc1. The van der Waals surface area contributed by atoms with E-state index in [-0.39, 0.29) is 0 Å². The van der Waals surface area contributed by atoms with Crippen LogP contribution in [-0.2, 0) is 0 Å². The van der Waals surface area contributed by atoms with Crippen LogP contribution in [0.5, 0.6) is 11.5 Å². The summed E-state index contributed by atoms with van der Waals surface area (Å²) in [7, 11) is 1.58. The molecular weight excluding hydrogens is 324 g/mol. The predicted octanol–water partition coefficient (Wildman–Crippen LogP) is 4.62. The minimum atomic E-state index is -0.404. The summed E-state index contributed by atoms with van der Waals surface area (Å²) in [5.74, 6) is 7.05. The molecule has 0 atom stereocenters. The average molecular weight is 342 g/mol. The van der Waals surface area contributed by atoms with Gasteiger partial charge in [0.25, 0.3) is 0 Å². The third-order valence-electron chi connectivity index (χ3n) is 3.83. The zero-order valence-corrected chi connectivity index (χ0v) is 14.7. The van der Waals surface area contributed by atoms with Gasteiger partial charge in [0.1, 0.15) is 11.5 Å². The van der Waals surface area contributed by atoms with Gasteiger partial charge in [-0.15, -0.1) is 0 Å². The molecule has 0 aliphatic heterocycles. The van der Waals surface area contributed by atoms with Crippen LogP contribution >= 0.6 is 0 Å². The van der Waals surface area contributed by atoms with E-state index in [0.717, 1.165) is 16.7 Å². The summed E-state index contributed by atoms with van der Waals surface area (Å²) in [6.07, 6.45) is 0. The molecule has 0 radical (unpaired) electrons. The zero-order valence-electron chi connectivity index (χ0n) is 14.7. The van der Waals surface area contributed by atoms with Gasteiger partial charge in [-0.25, -0.2) is 4.79 Å². The number of ether oxygens (including phenoxy) is 2. The Hall–Kier alpha value is -3.51. The lowest BCUT2D eigenvalue weighted by Gasteiger charge is -2.08. The molecule has 0 heterocycles. The number of hydrogen-bond acceptors (Lipinski definition) is 3. The number of methoxy groups -OCH3 is 1. The Morgan fingerprint density at radius 3 is 2.19 bits per heavy atom. The van der Waals surface area contributed by atoms with Crippen molar-refractivity contribution >= 4 is 5.97 Å². The Morgan fingerprint density at radius 2 is 1.54 bits per heavy atom. The molecule has 0 spiro atoms. The van der Waals surface area contributed by atoms with E-state index in [1.165, 1.54) is 0 Å². The largest absolute Gasteiger partial charge is 0.497 e. The van der Waals surface area contributed by atoms with Gasteiger partial charge in [-0.1, -0.05) is 30.0 Å². The number of carbonyl (C=O) groups is 1. The fourth-order valence-corrected chi connectivity index (χ4v) is 2.39. The summed E-state index contributed by atoms with van der Waals surface area (Å²) < 4.78 is 10.6. The van der Waals surface area contributed by atoms with Crippen LogP contribution in [0.25, 0.3) is 0 Å². The first kappa shape index (κ1) is 17.3. The second-order valence-corrected chi connectivity index (χ2v) is 5.71. The third kappa shape index (κ3) is 4.31. The van der Waals surface area contributed by atoms with Crippen molar-refractivity contribution in [1.29, 1.82) is 0 Å². The number of aryl methyl sites for hydroxylation is 1. The van der Waals surface area contributed by atoms with E-state index >= 15 is 0 Å². The fraction of sp³-hybridized carbons (Fsp3) is 0.0870. The molecule has 0 N–H and O–H groups in total. The highest BCUT2D eigenvalue weighted by molar-refractivity contribution is 5.91. The van der Waals surface area contributed by atoms with Crippen molar-refractivity contribution in [3.8, 4) is 23.3 Å². The van der Waals surface area contributed by atoms with Crippen molar-refractivity contribution in [3.05, 3.63) is 95.1 Å². The van der Waals surface area contributed by atoms with Crippen LogP contribution in [0.2, 0.25) is 0 Å². The zero-order chi connectivity index (χ0) is 18.4. The topological polar surface area (TPSA) is 35.5 Å². The van der Waals surface area contributed by atoms with Gasteiger partial charge in [-0.3, -0.25) is 0 Å². The molecule has 26 heavy (non-hydrogen) atoms. The molecule has 0 fully saturated rings. The first-order valence-electron chi connectivity index (χ1n) is 8.19. The lowest BCUT2D eigenvalue weighted by atomic mass is 10.1. The molecule has 0 unspecified atom stereocenters. The summed E-state index contributed by atoms with van der Waals surface area (Å²) in [5, 5.41) is 0. The van der Waals surface area contributed by atoms with Crippen molar-refractivity contribution in [1.82, 2.24) is 0 Å². The minimum absolute atomic E-state index is 0.404. The van der Waals surface area contributed by atoms with E-state index in [4.69, 9.17) is 9.47 Å². The molecular formula is C23H18O3. The summed E-state index contributed by atoms with van der Waals surface area (Å²) in [5.41, 5.74) is 3.15.